The van der Waals surface area contributed by atoms with Crippen molar-refractivity contribution in [1.82, 2.24) is 0 Å². The molecule has 0 saturated carbocycles. The Balaban J connectivity index is 2.64. The van der Waals surface area contributed by atoms with Crippen LogP contribution >= 0.6 is 34.8 Å². The minimum absolute atomic E-state index is 0.105. The summed E-state index contributed by atoms with van der Waals surface area (Å²) in [5.41, 5.74) is 1.37. The van der Waals surface area contributed by atoms with Crippen LogP contribution in [-0.2, 0) is 0 Å². The first-order chi connectivity index (χ1) is 8.49. The molecule has 5 heteroatoms. The van der Waals surface area contributed by atoms with Crippen molar-refractivity contribution in [2.24, 2.45) is 0 Å². The number of hydrogen-bond donors (Lipinski definition) is 1. The van der Waals surface area contributed by atoms with Crippen LogP contribution in [0.1, 0.15) is 10.4 Å². The van der Waals surface area contributed by atoms with E-state index in [9.17, 15) is 4.79 Å². The number of carbonyl (C=O) groups is 1. The predicted octanol–water partition coefficient (Wildman–Crippen LogP) is 5.01. The molecular formula is C13H7Cl3O2. The van der Waals surface area contributed by atoms with Crippen LogP contribution in [-0.4, -0.2) is 11.1 Å². The van der Waals surface area contributed by atoms with Crippen molar-refractivity contribution in [3.63, 3.8) is 0 Å². The van der Waals surface area contributed by atoms with Crippen molar-refractivity contribution >= 4 is 40.8 Å². The van der Waals surface area contributed by atoms with E-state index in [4.69, 9.17) is 39.9 Å². The van der Waals surface area contributed by atoms with Gasteiger partial charge in [0.1, 0.15) is 0 Å². The van der Waals surface area contributed by atoms with E-state index in [1.807, 2.05) is 0 Å². The molecule has 0 fully saturated rings. The molecule has 0 aliphatic carbocycles. The number of aromatic carboxylic acids is 1. The van der Waals surface area contributed by atoms with Gasteiger partial charge in [0.25, 0.3) is 0 Å². The Kier molecular flexibility index (Phi) is 3.81. The third kappa shape index (κ3) is 2.61. The third-order valence-electron chi connectivity index (χ3n) is 2.41. The minimum Gasteiger partial charge on any atom is -0.478 e. The molecule has 2 nitrogen and oxygen atoms in total. The topological polar surface area (TPSA) is 37.3 Å². The van der Waals surface area contributed by atoms with Crippen LogP contribution in [0.25, 0.3) is 11.1 Å². The normalized spacial score (nSPS) is 10.4. The first-order valence-corrected chi connectivity index (χ1v) is 6.10. The van der Waals surface area contributed by atoms with Gasteiger partial charge in [0.2, 0.25) is 0 Å². The zero-order valence-corrected chi connectivity index (χ0v) is 11.2. The second-order valence-corrected chi connectivity index (χ2v) is 4.86. The van der Waals surface area contributed by atoms with E-state index in [1.165, 1.54) is 12.1 Å². The Morgan fingerprint density at radius 2 is 1.78 bits per heavy atom. The Bertz CT molecular complexity index is 624. The monoisotopic (exact) mass is 300 g/mol. The number of carboxylic acid groups (broad SMARTS) is 1. The largest absolute Gasteiger partial charge is 0.478 e. The molecule has 1 N–H and O–H groups in total. The lowest BCUT2D eigenvalue weighted by Crippen LogP contribution is -1.96. The highest BCUT2D eigenvalue weighted by molar-refractivity contribution is 6.43. The van der Waals surface area contributed by atoms with E-state index < -0.39 is 5.97 Å². The van der Waals surface area contributed by atoms with Gasteiger partial charge in [0, 0.05) is 10.6 Å². The van der Waals surface area contributed by atoms with Crippen molar-refractivity contribution in [2.45, 2.75) is 0 Å². The smallest absolute Gasteiger partial charge is 0.335 e. The number of halogens is 3. The number of hydrogen-bond acceptors (Lipinski definition) is 1. The highest BCUT2D eigenvalue weighted by Crippen LogP contribution is 2.34. The molecule has 0 saturated heterocycles. The van der Waals surface area contributed by atoms with Crippen molar-refractivity contribution in [2.75, 3.05) is 0 Å². The lowest BCUT2D eigenvalue weighted by molar-refractivity contribution is 0.0697. The number of carboxylic acids is 1. The zero-order valence-electron chi connectivity index (χ0n) is 8.95. The molecule has 0 aromatic heterocycles. The Morgan fingerprint density at radius 1 is 1.06 bits per heavy atom. The van der Waals surface area contributed by atoms with Gasteiger partial charge in [-0.15, -0.1) is 0 Å². The van der Waals surface area contributed by atoms with Gasteiger partial charge in [-0.25, -0.2) is 4.79 Å². The van der Waals surface area contributed by atoms with Crippen molar-refractivity contribution in [3.05, 3.63) is 57.0 Å². The van der Waals surface area contributed by atoms with Gasteiger partial charge in [0.15, 0.2) is 0 Å². The van der Waals surface area contributed by atoms with E-state index in [0.717, 1.165) is 0 Å². The Hall–Kier alpha value is -1.22. The van der Waals surface area contributed by atoms with Crippen molar-refractivity contribution in [1.29, 1.82) is 0 Å². The number of rotatable bonds is 2. The summed E-state index contributed by atoms with van der Waals surface area (Å²) in [6.45, 7) is 0. The lowest BCUT2D eigenvalue weighted by Gasteiger charge is -2.07. The third-order valence-corrected chi connectivity index (χ3v) is 3.44. The molecule has 0 atom stereocenters. The van der Waals surface area contributed by atoms with Crippen LogP contribution in [0.3, 0.4) is 0 Å². The fourth-order valence-electron chi connectivity index (χ4n) is 1.60. The lowest BCUT2D eigenvalue weighted by atomic mass is 10.0. The summed E-state index contributed by atoms with van der Waals surface area (Å²) in [6, 6.07) is 9.69. The van der Waals surface area contributed by atoms with Crippen LogP contribution in [0.4, 0.5) is 0 Å². The van der Waals surface area contributed by atoms with Gasteiger partial charge >= 0.3 is 5.97 Å². The summed E-state index contributed by atoms with van der Waals surface area (Å²) in [4.78, 5) is 11.0. The van der Waals surface area contributed by atoms with Gasteiger partial charge < -0.3 is 5.11 Å². The Labute approximate surface area is 119 Å². The molecule has 92 valence electrons. The molecular weight excluding hydrogens is 294 g/mol. The molecule has 2 aromatic rings. The number of benzene rings is 2. The zero-order chi connectivity index (χ0) is 13.3. The van der Waals surface area contributed by atoms with Gasteiger partial charge in [-0.2, -0.15) is 0 Å². The molecule has 2 rings (SSSR count). The summed E-state index contributed by atoms with van der Waals surface area (Å²) in [5.74, 6) is -1.04. The molecule has 0 heterocycles. The first kappa shape index (κ1) is 13.2. The van der Waals surface area contributed by atoms with Crippen LogP contribution in [0, 0.1) is 0 Å². The molecule has 0 amide bonds. The second kappa shape index (κ2) is 5.19. The van der Waals surface area contributed by atoms with Gasteiger partial charge in [-0.1, -0.05) is 46.9 Å². The molecule has 0 aliphatic heterocycles. The summed E-state index contributed by atoms with van der Waals surface area (Å²) in [7, 11) is 0. The standard InChI is InChI=1S/C13H7Cl3O2/c14-9-5-7(4-8(6-9)13(17)18)10-2-1-3-11(15)12(10)16/h1-6H,(H,17,18). The fraction of sp³-hybridized carbons (Fsp3) is 0. The summed E-state index contributed by atoms with van der Waals surface area (Å²) < 4.78 is 0. The van der Waals surface area contributed by atoms with Gasteiger partial charge in [0.05, 0.1) is 15.6 Å². The van der Waals surface area contributed by atoms with Gasteiger partial charge in [-0.05, 0) is 29.8 Å². The van der Waals surface area contributed by atoms with E-state index in [-0.39, 0.29) is 5.56 Å². The van der Waals surface area contributed by atoms with E-state index in [2.05, 4.69) is 0 Å². The minimum atomic E-state index is -1.04. The molecule has 2 aromatic carbocycles. The molecule has 18 heavy (non-hydrogen) atoms. The highest BCUT2D eigenvalue weighted by atomic mass is 35.5. The molecule has 0 spiro atoms. The van der Waals surface area contributed by atoms with Gasteiger partial charge in [-0.3, -0.25) is 0 Å². The molecule has 0 radical (unpaired) electrons. The van der Waals surface area contributed by atoms with E-state index in [1.54, 1.807) is 24.3 Å². The average molecular weight is 302 g/mol. The SMILES string of the molecule is O=C(O)c1cc(Cl)cc(-c2cccc(Cl)c2Cl)c1. The second-order valence-electron chi connectivity index (χ2n) is 3.64. The van der Waals surface area contributed by atoms with Crippen molar-refractivity contribution in [3.8, 4) is 11.1 Å². The quantitative estimate of drug-likeness (QED) is 0.846. The predicted molar refractivity (Wildman–Crippen MR) is 73.9 cm³/mol. The molecule has 0 bridgehead atoms. The fourth-order valence-corrected chi connectivity index (χ4v) is 2.24. The summed E-state index contributed by atoms with van der Waals surface area (Å²) in [6.07, 6.45) is 0. The Morgan fingerprint density at radius 3 is 2.44 bits per heavy atom. The van der Waals surface area contributed by atoms with E-state index >= 15 is 0 Å². The maximum absolute atomic E-state index is 11.0. The first-order valence-electron chi connectivity index (χ1n) is 4.97. The molecule has 0 aliphatic rings. The van der Waals surface area contributed by atoms with Crippen LogP contribution in [0.2, 0.25) is 15.1 Å². The maximum atomic E-state index is 11.0. The highest BCUT2D eigenvalue weighted by Gasteiger charge is 2.11. The average Bonchev–Trinajstić information content (AvgIpc) is 2.31. The van der Waals surface area contributed by atoms with Crippen LogP contribution < -0.4 is 0 Å². The van der Waals surface area contributed by atoms with Crippen LogP contribution in [0.5, 0.6) is 0 Å². The van der Waals surface area contributed by atoms with Crippen LogP contribution in [0.15, 0.2) is 36.4 Å². The van der Waals surface area contributed by atoms with E-state index in [0.29, 0.717) is 26.2 Å². The summed E-state index contributed by atoms with van der Waals surface area (Å²) >= 11 is 17.9. The maximum Gasteiger partial charge on any atom is 0.335 e. The summed E-state index contributed by atoms with van der Waals surface area (Å²) in [5, 5.41) is 10.1. The molecule has 0 unspecified atom stereocenters. The van der Waals surface area contributed by atoms with Crippen molar-refractivity contribution < 1.29 is 9.90 Å².